The highest BCUT2D eigenvalue weighted by Gasteiger charge is 2.49. The molecule has 1 aromatic heterocycles. The summed E-state index contributed by atoms with van der Waals surface area (Å²) in [5, 5.41) is 0. The first-order valence-corrected chi connectivity index (χ1v) is 7.04. The molecule has 0 N–H and O–H groups in total. The van der Waals surface area contributed by atoms with Crippen LogP contribution in [0.25, 0.3) is 5.57 Å². The number of hydrogen-bond donors (Lipinski definition) is 0. The number of nitrogens with zero attached hydrogens (tertiary/aromatic N) is 1. The van der Waals surface area contributed by atoms with Crippen molar-refractivity contribution < 1.29 is 34.6 Å². The lowest BCUT2D eigenvalue weighted by atomic mass is 10.2. The van der Waals surface area contributed by atoms with E-state index < -0.39 is 27.3 Å². The van der Waals surface area contributed by atoms with Gasteiger partial charge in [0, 0.05) is 6.42 Å². The molecule has 0 saturated carbocycles. The maximum atomic E-state index is 13.0. The number of aromatic nitrogens is 1. The number of oxazole rings is 1. The lowest BCUT2D eigenvalue weighted by Gasteiger charge is -2.05. The molecule has 0 radical (unpaired) electrons. The van der Waals surface area contributed by atoms with Crippen molar-refractivity contribution in [3.05, 3.63) is 48.0 Å². The minimum Gasteiger partial charge on any atom is -0.440 e. The SMILES string of the molecule is O=S(=O)(Oc1coc(C2=C=C/C=C(/F)C/C=C\2)n1)C(F)(F)F. The van der Waals surface area contributed by atoms with Gasteiger partial charge < -0.3 is 8.60 Å². The van der Waals surface area contributed by atoms with Crippen LogP contribution in [-0.4, -0.2) is 18.9 Å². The van der Waals surface area contributed by atoms with E-state index in [4.69, 9.17) is 4.42 Å². The summed E-state index contributed by atoms with van der Waals surface area (Å²) >= 11 is 0. The smallest absolute Gasteiger partial charge is 0.440 e. The van der Waals surface area contributed by atoms with E-state index in [-0.39, 0.29) is 17.9 Å². The van der Waals surface area contributed by atoms with Gasteiger partial charge in [-0.3, -0.25) is 0 Å². The van der Waals surface area contributed by atoms with E-state index in [9.17, 15) is 26.0 Å². The molecule has 1 heterocycles. The maximum absolute atomic E-state index is 13.0. The van der Waals surface area contributed by atoms with Crippen molar-refractivity contribution in [1.29, 1.82) is 0 Å². The molecule has 1 aliphatic rings. The quantitative estimate of drug-likeness (QED) is 0.366. The van der Waals surface area contributed by atoms with Crippen LogP contribution >= 0.6 is 0 Å². The molecule has 0 unspecified atom stereocenters. The fourth-order valence-electron chi connectivity index (χ4n) is 1.34. The van der Waals surface area contributed by atoms with Crippen LogP contribution in [0.3, 0.4) is 0 Å². The van der Waals surface area contributed by atoms with E-state index in [1.54, 1.807) is 0 Å². The molecule has 0 fully saturated rings. The summed E-state index contributed by atoms with van der Waals surface area (Å²) < 4.78 is 79.7. The molecule has 0 aromatic carbocycles. The van der Waals surface area contributed by atoms with Gasteiger partial charge >= 0.3 is 15.6 Å². The Morgan fingerprint density at radius 1 is 1.36 bits per heavy atom. The third-order valence-corrected chi connectivity index (χ3v) is 3.25. The van der Waals surface area contributed by atoms with Crippen LogP contribution in [-0.2, 0) is 10.1 Å². The second-order valence-electron chi connectivity index (χ2n) is 3.92. The number of halogens is 4. The molecule has 0 amide bonds. The van der Waals surface area contributed by atoms with Gasteiger partial charge in [0.05, 0.1) is 5.57 Å². The Balaban J connectivity index is 2.28. The average molecular weight is 337 g/mol. The highest BCUT2D eigenvalue weighted by atomic mass is 32.2. The van der Waals surface area contributed by atoms with Crippen LogP contribution in [0.15, 0.2) is 46.5 Å². The Hall–Kier alpha value is -2.32. The van der Waals surface area contributed by atoms with E-state index >= 15 is 0 Å². The number of rotatable bonds is 3. The second-order valence-corrected chi connectivity index (χ2v) is 5.46. The molecule has 0 bridgehead atoms. The Bertz CT molecular complexity index is 795. The maximum Gasteiger partial charge on any atom is 0.534 e. The molecule has 0 aliphatic heterocycles. The van der Waals surface area contributed by atoms with Gasteiger partial charge in [0.1, 0.15) is 5.83 Å². The molecule has 10 heteroatoms. The predicted molar refractivity (Wildman–Crippen MR) is 66.5 cm³/mol. The molecule has 0 saturated heterocycles. The summed E-state index contributed by atoms with van der Waals surface area (Å²) in [6.07, 6.45) is 5.77. The van der Waals surface area contributed by atoms with Crippen molar-refractivity contribution in [3.63, 3.8) is 0 Å². The zero-order valence-electron chi connectivity index (χ0n) is 10.6. The van der Waals surface area contributed by atoms with Crippen molar-refractivity contribution in [2.45, 2.75) is 11.9 Å². The lowest BCUT2D eigenvalue weighted by Crippen LogP contribution is -2.28. The first kappa shape index (κ1) is 16.1. The van der Waals surface area contributed by atoms with Crippen LogP contribution in [0.2, 0.25) is 0 Å². The minimum absolute atomic E-state index is 0.00813. The number of hydrogen-bond acceptors (Lipinski definition) is 5. The van der Waals surface area contributed by atoms with Gasteiger partial charge in [-0.25, -0.2) is 4.39 Å². The van der Waals surface area contributed by atoms with Crippen LogP contribution in [0.5, 0.6) is 5.88 Å². The Morgan fingerprint density at radius 3 is 2.77 bits per heavy atom. The van der Waals surface area contributed by atoms with Crippen molar-refractivity contribution in [3.8, 4) is 5.88 Å². The van der Waals surface area contributed by atoms with Crippen LogP contribution in [0.4, 0.5) is 17.6 Å². The predicted octanol–water partition coefficient (Wildman–Crippen LogP) is 3.25. The fraction of sp³-hybridized carbons (Fsp3) is 0.167. The molecule has 1 aliphatic carbocycles. The van der Waals surface area contributed by atoms with Crippen molar-refractivity contribution in [2.75, 3.05) is 0 Å². The Kier molecular flexibility index (Phi) is 4.25. The van der Waals surface area contributed by atoms with E-state index in [1.165, 1.54) is 18.2 Å². The Morgan fingerprint density at radius 2 is 2.09 bits per heavy atom. The summed E-state index contributed by atoms with van der Waals surface area (Å²) in [6, 6.07) is 0. The third-order valence-electron chi connectivity index (χ3n) is 2.29. The van der Waals surface area contributed by atoms with Gasteiger partial charge in [0.2, 0.25) is 5.89 Å². The summed E-state index contributed by atoms with van der Waals surface area (Å²) in [5.74, 6) is -1.51. The third kappa shape index (κ3) is 3.66. The van der Waals surface area contributed by atoms with Gasteiger partial charge in [-0.15, -0.1) is 5.73 Å². The minimum atomic E-state index is -5.83. The normalized spacial score (nSPS) is 19.6. The molecule has 5 nitrogen and oxygen atoms in total. The first-order chi connectivity index (χ1) is 10.2. The number of allylic oxidation sites excluding steroid dienone is 5. The largest absolute Gasteiger partial charge is 0.534 e. The molecule has 1 aromatic rings. The summed E-state index contributed by atoms with van der Waals surface area (Å²) in [7, 11) is -5.83. The van der Waals surface area contributed by atoms with Crippen LogP contribution in [0, 0.1) is 0 Å². The summed E-state index contributed by atoms with van der Waals surface area (Å²) in [5.41, 5.74) is -2.81. The molecule has 0 spiro atoms. The zero-order valence-corrected chi connectivity index (χ0v) is 11.4. The van der Waals surface area contributed by atoms with Crippen molar-refractivity contribution in [2.24, 2.45) is 0 Å². The molecular weight excluding hydrogens is 330 g/mol. The highest BCUT2D eigenvalue weighted by Crippen LogP contribution is 2.27. The van der Waals surface area contributed by atoms with Gasteiger partial charge in [-0.05, 0) is 18.2 Å². The van der Waals surface area contributed by atoms with E-state index in [0.717, 1.165) is 6.08 Å². The zero-order chi connectivity index (χ0) is 16.4. The van der Waals surface area contributed by atoms with E-state index in [2.05, 4.69) is 14.9 Å². The van der Waals surface area contributed by atoms with Gasteiger partial charge in [0.25, 0.3) is 5.88 Å². The van der Waals surface area contributed by atoms with Gasteiger partial charge in [0.15, 0.2) is 6.26 Å². The van der Waals surface area contributed by atoms with Crippen LogP contribution < -0.4 is 4.18 Å². The Labute approximate surface area is 122 Å². The molecule has 0 atom stereocenters. The highest BCUT2D eigenvalue weighted by molar-refractivity contribution is 7.87. The average Bonchev–Trinajstić information content (AvgIpc) is 2.79. The molecule has 22 heavy (non-hydrogen) atoms. The fourth-order valence-corrected chi connectivity index (χ4v) is 1.74. The van der Waals surface area contributed by atoms with Crippen molar-refractivity contribution >= 4 is 15.7 Å². The number of alkyl halides is 3. The van der Waals surface area contributed by atoms with E-state index in [1.807, 2.05) is 0 Å². The molecule has 118 valence electrons. The van der Waals surface area contributed by atoms with E-state index in [0.29, 0.717) is 6.26 Å². The first-order valence-electron chi connectivity index (χ1n) is 5.63. The van der Waals surface area contributed by atoms with Gasteiger partial charge in [-0.1, -0.05) is 6.08 Å². The lowest BCUT2D eigenvalue weighted by molar-refractivity contribution is -0.0501. The second kappa shape index (κ2) is 5.82. The van der Waals surface area contributed by atoms with Crippen molar-refractivity contribution in [1.82, 2.24) is 4.98 Å². The standard InChI is InChI=1S/C12H7F4NO4S/c13-9-5-1-3-8(4-2-6-9)11-17-10(7-20-11)21-22(18,19)12(14,15)16/h1-3,6-7H,5H2/b3-1-,9-6+. The summed E-state index contributed by atoms with van der Waals surface area (Å²) in [6.45, 7) is 0. The van der Waals surface area contributed by atoms with Gasteiger partial charge in [-0.2, -0.15) is 26.6 Å². The van der Waals surface area contributed by atoms with Crippen LogP contribution in [0.1, 0.15) is 12.3 Å². The molecular formula is C12H7F4NO4S. The molecule has 2 rings (SSSR count). The topological polar surface area (TPSA) is 69.4 Å². The monoisotopic (exact) mass is 337 g/mol. The summed E-state index contributed by atoms with van der Waals surface area (Å²) in [4.78, 5) is 3.47.